The first-order valence-corrected chi connectivity index (χ1v) is 14.0. The van der Waals surface area contributed by atoms with Crippen LogP contribution in [0.2, 0.25) is 0 Å². The Balaban J connectivity index is 1.46. The molecule has 0 spiro atoms. The van der Waals surface area contributed by atoms with Gasteiger partial charge in [-0.15, -0.1) is 0 Å². The van der Waals surface area contributed by atoms with E-state index in [1.807, 2.05) is 7.05 Å². The second kappa shape index (κ2) is 10.7. The molecular weight excluding hydrogens is 496 g/mol. The Morgan fingerprint density at radius 1 is 1.15 bits per heavy atom. The standard InChI is InChI=1S/C27H36N10O2/c1-16-7-9-18(10-8-16)14-37-21-22(30-17(2)19-5-4-6-19)31-24(25-34-27(38)39-35-25)32-23(21)33-26(37)36(3)15-20-13-28-11-12-29-20/h11-13,16-19H,4-10,14-15H2,1-3H3,(H,30,31,32)(H,34,35,38)/t16?,17-,18?/m1/s1. The van der Waals surface area contributed by atoms with Crippen LogP contribution >= 0.6 is 0 Å². The summed E-state index contributed by atoms with van der Waals surface area (Å²) in [5.41, 5.74) is 2.28. The van der Waals surface area contributed by atoms with Crippen LogP contribution in [0.15, 0.2) is 27.9 Å². The van der Waals surface area contributed by atoms with Crippen LogP contribution in [0, 0.1) is 17.8 Å². The van der Waals surface area contributed by atoms with Crippen molar-refractivity contribution >= 4 is 22.9 Å². The summed E-state index contributed by atoms with van der Waals surface area (Å²) in [7, 11) is 2.02. The Kier molecular flexibility index (Phi) is 7.01. The number of fused-ring (bicyclic) bond motifs is 1. The molecule has 0 aromatic carbocycles. The zero-order valence-corrected chi connectivity index (χ0v) is 22.8. The molecule has 4 heterocycles. The Bertz CT molecular complexity index is 1470. The van der Waals surface area contributed by atoms with Crippen molar-refractivity contribution in [2.75, 3.05) is 17.3 Å². The molecule has 0 radical (unpaired) electrons. The maximum Gasteiger partial charge on any atom is 0.439 e. The van der Waals surface area contributed by atoms with Gasteiger partial charge in [-0.3, -0.25) is 19.5 Å². The highest BCUT2D eigenvalue weighted by molar-refractivity contribution is 5.87. The van der Waals surface area contributed by atoms with Crippen LogP contribution in [-0.2, 0) is 13.1 Å². The topological polar surface area (TPSA) is 144 Å². The number of imidazole rings is 1. The summed E-state index contributed by atoms with van der Waals surface area (Å²) >= 11 is 0. The first-order valence-electron chi connectivity index (χ1n) is 14.0. The van der Waals surface area contributed by atoms with Crippen molar-refractivity contribution in [3.8, 4) is 11.6 Å². The summed E-state index contributed by atoms with van der Waals surface area (Å²) in [5.74, 6) is 3.24. The lowest BCUT2D eigenvalue weighted by Gasteiger charge is -2.32. The number of aromatic nitrogens is 8. The lowest BCUT2D eigenvalue weighted by atomic mass is 9.80. The summed E-state index contributed by atoms with van der Waals surface area (Å²) in [4.78, 5) is 39.7. The molecule has 0 amide bonds. The van der Waals surface area contributed by atoms with Crippen LogP contribution < -0.4 is 16.0 Å². The zero-order chi connectivity index (χ0) is 26.9. The van der Waals surface area contributed by atoms with E-state index in [-0.39, 0.29) is 17.7 Å². The lowest BCUT2D eigenvalue weighted by molar-refractivity contribution is 0.267. The third-order valence-corrected chi connectivity index (χ3v) is 8.39. The third kappa shape index (κ3) is 5.37. The SMILES string of the molecule is CC1CCC(Cn2c(N(C)Cc3cnccn3)nc3nc(-c4noc(=O)[nH]4)nc(N[C@H](C)C4CCC4)c32)CC1. The van der Waals surface area contributed by atoms with E-state index in [9.17, 15) is 4.79 Å². The van der Waals surface area contributed by atoms with Crippen LogP contribution in [0.1, 0.15) is 64.5 Å². The largest absolute Gasteiger partial charge is 0.439 e. The van der Waals surface area contributed by atoms with Crippen LogP contribution in [0.25, 0.3) is 22.8 Å². The zero-order valence-electron chi connectivity index (χ0n) is 22.8. The van der Waals surface area contributed by atoms with Crippen molar-refractivity contribution in [1.29, 1.82) is 0 Å². The summed E-state index contributed by atoms with van der Waals surface area (Å²) in [6.45, 7) is 5.94. The van der Waals surface area contributed by atoms with Gasteiger partial charge in [0.15, 0.2) is 11.5 Å². The summed E-state index contributed by atoms with van der Waals surface area (Å²) in [5, 5.41) is 7.53. The number of hydrogen-bond acceptors (Lipinski definition) is 10. The molecule has 0 aliphatic heterocycles. The molecule has 2 fully saturated rings. The van der Waals surface area contributed by atoms with E-state index < -0.39 is 5.76 Å². The third-order valence-electron chi connectivity index (χ3n) is 8.39. The number of aromatic amines is 1. The minimum Gasteiger partial charge on any atom is -0.365 e. The fourth-order valence-corrected chi connectivity index (χ4v) is 5.79. The molecule has 39 heavy (non-hydrogen) atoms. The molecular formula is C27H36N10O2. The monoisotopic (exact) mass is 532 g/mol. The molecule has 4 aromatic heterocycles. The van der Waals surface area contributed by atoms with Gasteiger partial charge in [-0.05, 0) is 50.4 Å². The predicted molar refractivity (Wildman–Crippen MR) is 147 cm³/mol. The van der Waals surface area contributed by atoms with Gasteiger partial charge in [-0.2, -0.15) is 4.98 Å². The highest BCUT2D eigenvalue weighted by Gasteiger charge is 2.29. The molecule has 0 saturated heterocycles. The summed E-state index contributed by atoms with van der Waals surface area (Å²) in [6, 6.07) is 0.237. The average Bonchev–Trinajstić information content (AvgIpc) is 3.49. The molecule has 1 atom stereocenters. The van der Waals surface area contributed by atoms with Gasteiger partial charge in [0.25, 0.3) is 0 Å². The van der Waals surface area contributed by atoms with Crippen LogP contribution in [0.5, 0.6) is 0 Å². The van der Waals surface area contributed by atoms with Crippen molar-refractivity contribution in [3.05, 3.63) is 34.8 Å². The number of rotatable bonds is 9. The molecule has 2 saturated carbocycles. The average molecular weight is 533 g/mol. The fourth-order valence-electron chi connectivity index (χ4n) is 5.79. The number of anilines is 2. The van der Waals surface area contributed by atoms with Crippen molar-refractivity contribution in [2.45, 2.75) is 77.9 Å². The first kappa shape index (κ1) is 25.4. The quantitative estimate of drug-likeness (QED) is 0.324. The van der Waals surface area contributed by atoms with Crippen LogP contribution in [-0.4, -0.2) is 52.7 Å². The van der Waals surface area contributed by atoms with Gasteiger partial charge in [0.05, 0.1) is 18.4 Å². The number of H-pyrrole nitrogens is 1. The van der Waals surface area contributed by atoms with Gasteiger partial charge in [-0.1, -0.05) is 31.3 Å². The summed E-state index contributed by atoms with van der Waals surface area (Å²) in [6.07, 6.45) is 13.7. The predicted octanol–water partition coefficient (Wildman–Crippen LogP) is 4.02. The molecule has 2 aliphatic rings. The number of hydrogen-bond donors (Lipinski definition) is 2. The van der Waals surface area contributed by atoms with Crippen LogP contribution in [0.3, 0.4) is 0 Å². The fraction of sp³-hybridized carbons (Fsp3) is 0.593. The van der Waals surface area contributed by atoms with Gasteiger partial charge in [0, 0.05) is 32.0 Å². The second-order valence-corrected chi connectivity index (χ2v) is 11.3. The molecule has 2 N–H and O–H groups in total. The Hall–Kier alpha value is -3.83. The maximum absolute atomic E-state index is 11.7. The lowest BCUT2D eigenvalue weighted by Crippen LogP contribution is -2.31. The summed E-state index contributed by atoms with van der Waals surface area (Å²) < 4.78 is 7.03. The van der Waals surface area contributed by atoms with Crippen molar-refractivity contribution in [1.82, 2.24) is 39.6 Å². The molecule has 2 aliphatic carbocycles. The van der Waals surface area contributed by atoms with Gasteiger partial charge < -0.3 is 14.8 Å². The number of nitrogens with zero attached hydrogens (tertiary/aromatic N) is 8. The van der Waals surface area contributed by atoms with E-state index in [1.54, 1.807) is 18.6 Å². The van der Waals surface area contributed by atoms with E-state index in [1.165, 1.54) is 44.9 Å². The highest BCUT2D eigenvalue weighted by Crippen LogP contribution is 2.36. The van der Waals surface area contributed by atoms with Crippen molar-refractivity contribution in [3.63, 3.8) is 0 Å². The molecule has 0 bridgehead atoms. The van der Waals surface area contributed by atoms with Gasteiger partial charge in [0.2, 0.25) is 17.6 Å². The molecule has 12 nitrogen and oxygen atoms in total. The van der Waals surface area contributed by atoms with Crippen LogP contribution in [0.4, 0.5) is 11.8 Å². The Labute approximate surface area is 226 Å². The molecule has 4 aromatic rings. The first-order chi connectivity index (χ1) is 18.9. The van der Waals surface area contributed by atoms with E-state index in [4.69, 9.17) is 19.5 Å². The van der Waals surface area contributed by atoms with E-state index >= 15 is 0 Å². The second-order valence-electron chi connectivity index (χ2n) is 11.3. The smallest absolute Gasteiger partial charge is 0.365 e. The van der Waals surface area contributed by atoms with E-state index in [2.05, 4.69) is 48.7 Å². The molecule has 6 rings (SSSR count). The number of nitrogens with one attached hydrogen (secondary N) is 2. The Morgan fingerprint density at radius 2 is 1.97 bits per heavy atom. The molecule has 12 heteroatoms. The Morgan fingerprint density at radius 3 is 2.64 bits per heavy atom. The van der Waals surface area contributed by atoms with E-state index in [0.717, 1.165) is 29.6 Å². The van der Waals surface area contributed by atoms with Gasteiger partial charge in [0.1, 0.15) is 5.52 Å². The van der Waals surface area contributed by atoms with E-state index in [0.29, 0.717) is 29.8 Å². The van der Waals surface area contributed by atoms with Crippen molar-refractivity contribution < 1.29 is 4.52 Å². The van der Waals surface area contributed by atoms with Crippen molar-refractivity contribution in [2.24, 2.45) is 17.8 Å². The minimum atomic E-state index is -0.646. The normalized spacial score (nSPS) is 20.6. The minimum absolute atomic E-state index is 0.187. The molecule has 206 valence electrons. The van der Waals surface area contributed by atoms with Gasteiger partial charge >= 0.3 is 5.76 Å². The van der Waals surface area contributed by atoms with Gasteiger partial charge in [-0.25, -0.2) is 14.8 Å². The molecule has 0 unspecified atom stereocenters. The maximum atomic E-state index is 11.7. The highest BCUT2D eigenvalue weighted by atomic mass is 16.5.